The molecule has 0 saturated heterocycles. The van der Waals surface area contributed by atoms with E-state index in [9.17, 15) is 30.7 Å². The second-order valence-corrected chi connectivity index (χ2v) is 4.71. The number of rotatable bonds is 4. The number of hydrogen-bond donors (Lipinski definition) is 2. The van der Waals surface area contributed by atoms with Gasteiger partial charge < -0.3 is 0 Å². The molecule has 0 aliphatic heterocycles. The Kier molecular flexibility index (Phi) is 5.46. The summed E-state index contributed by atoms with van der Waals surface area (Å²) in [6.45, 7) is 0. The van der Waals surface area contributed by atoms with Crippen LogP contribution in [0.5, 0.6) is 0 Å². The highest BCUT2D eigenvalue weighted by Gasteiger charge is 2.60. The fourth-order valence-corrected chi connectivity index (χ4v) is 2.05. The van der Waals surface area contributed by atoms with Crippen molar-refractivity contribution in [2.75, 3.05) is 0 Å². The van der Waals surface area contributed by atoms with Crippen LogP contribution in [0.1, 0.15) is 5.56 Å². The van der Waals surface area contributed by atoms with Gasteiger partial charge in [0.25, 0.3) is 0 Å². The Bertz CT molecular complexity index is 472. The Morgan fingerprint density at radius 2 is 1.62 bits per heavy atom. The van der Waals surface area contributed by atoms with E-state index in [1.54, 1.807) is 0 Å². The van der Waals surface area contributed by atoms with E-state index in [1.165, 1.54) is 5.43 Å². The summed E-state index contributed by atoms with van der Waals surface area (Å²) in [5.41, 5.74) is 1.06. The molecule has 0 spiro atoms. The van der Waals surface area contributed by atoms with E-state index >= 15 is 0 Å². The minimum atomic E-state index is -5.58. The topological polar surface area (TPSA) is 38.0 Å². The fraction of sp³-hybridized carbons (Fsp3) is 0.455. The molecule has 2 nitrogen and oxygen atoms in total. The molecule has 1 aromatic rings. The molecule has 0 fully saturated rings. The lowest BCUT2D eigenvalue weighted by Gasteiger charge is -2.30. The summed E-state index contributed by atoms with van der Waals surface area (Å²) in [7, 11) is 0. The van der Waals surface area contributed by atoms with Crippen LogP contribution in [0.25, 0.3) is 0 Å². The number of alkyl halides is 6. The molecular weight excluding hydrogens is 329 g/mol. The van der Waals surface area contributed by atoms with E-state index in [0.717, 1.165) is 18.2 Å². The third-order valence-corrected chi connectivity index (χ3v) is 3.00. The Morgan fingerprint density at radius 1 is 1.10 bits per heavy atom. The minimum Gasteiger partial charge on any atom is -0.271 e. The van der Waals surface area contributed by atoms with Gasteiger partial charge in [0.15, 0.2) is 5.92 Å². The summed E-state index contributed by atoms with van der Waals surface area (Å²) >= 11 is 5.54. The lowest BCUT2D eigenvalue weighted by Crippen LogP contribution is -2.54. The molecule has 120 valence electrons. The third kappa shape index (κ3) is 4.72. The number of benzene rings is 1. The van der Waals surface area contributed by atoms with Crippen molar-refractivity contribution in [1.29, 1.82) is 0 Å². The third-order valence-electron chi connectivity index (χ3n) is 2.77. The molecule has 21 heavy (non-hydrogen) atoms. The molecule has 3 N–H and O–H groups in total. The van der Waals surface area contributed by atoms with Gasteiger partial charge in [-0.1, -0.05) is 11.6 Å². The van der Waals surface area contributed by atoms with Crippen LogP contribution in [-0.2, 0) is 6.42 Å². The van der Waals surface area contributed by atoms with E-state index in [0.29, 0.717) is 0 Å². The Hall–Kier alpha value is -1.06. The SMILES string of the molecule is NNC(Cc1cc(Cl)ccc1F)C(C(F)(F)F)C(F)(F)F. The van der Waals surface area contributed by atoms with Gasteiger partial charge in [-0.3, -0.25) is 11.3 Å². The van der Waals surface area contributed by atoms with Crippen LogP contribution < -0.4 is 11.3 Å². The summed E-state index contributed by atoms with van der Waals surface area (Å²) in [5, 5.41) is -0.0160. The maximum absolute atomic E-state index is 13.4. The van der Waals surface area contributed by atoms with Crippen LogP contribution in [0.2, 0.25) is 5.02 Å². The zero-order valence-electron chi connectivity index (χ0n) is 10.2. The lowest BCUT2D eigenvalue weighted by molar-refractivity contribution is -0.291. The minimum absolute atomic E-state index is 0.0160. The van der Waals surface area contributed by atoms with Crippen molar-refractivity contribution in [3.8, 4) is 0 Å². The van der Waals surface area contributed by atoms with Gasteiger partial charge in [0, 0.05) is 11.1 Å². The zero-order chi connectivity index (χ0) is 16.4. The molecule has 1 atom stereocenters. The number of hydrogen-bond acceptors (Lipinski definition) is 2. The summed E-state index contributed by atoms with van der Waals surface area (Å²) in [6, 6.07) is 0.640. The van der Waals surface area contributed by atoms with Crippen LogP contribution in [0, 0.1) is 11.7 Å². The first-order valence-corrected chi connectivity index (χ1v) is 5.88. The van der Waals surface area contributed by atoms with E-state index in [1.807, 2.05) is 0 Å². The first-order valence-electron chi connectivity index (χ1n) is 5.50. The van der Waals surface area contributed by atoms with Crippen molar-refractivity contribution in [2.45, 2.75) is 24.8 Å². The zero-order valence-corrected chi connectivity index (χ0v) is 11.0. The summed E-state index contributed by atoms with van der Waals surface area (Å²) in [5.74, 6) is 0.0995. The predicted molar refractivity (Wildman–Crippen MR) is 61.8 cm³/mol. The van der Waals surface area contributed by atoms with Crippen LogP contribution in [-0.4, -0.2) is 18.4 Å². The smallest absolute Gasteiger partial charge is 0.271 e. The predicted octanol–water partition coefficient (Wildman–Crippen LogP) is 3.59. The van der Waals surface area contributed by atoms with Crippen molar-refractivity contribution >= 4 is 11.6 Å². The van der Waals surface area contributed by atoms with E-state index in [2.05, 4.69) is 0 Å². The fourth-order valence-electron chi connectivity index (χ4n) is 1.85. The second kappa shape index (κ2) is 6.37. The van der Waals surface area contributed by atoms with E-state index in [4.69, 9.17) is 17.4 Å². The van der Waals surface area contributed by atoms with Crippen molar-refractivity contribution in [1.82, 2.24) is 5.43 Å². The monoisotopic (exact) mass is 338 g/mol. The molecule has 1 aromatic carbocycles. The van der Waals surface area contributed by atoms with E-state index in [-0.39, 0.29) is 5.02 Å². The number of halogens is 8. The molecule has 0 aliphatic carbocycles. The average molecular weight is 339 g/mol. The molecule has 0 aromatic heterocycles. The van der Waals surface area contributed by atoms with Crippen molar-refractivity contribution in [3.05, 3.63) is 34.6 Å². The first kappa shape index (κ1) is 18.0. The van der Waals surface area contributed by atoms with Gasteiger partial charge in [-0.05, 0) is 30.2 Å². The van der Waals surface area contributed by atoms with E-state index < -0.39 is 42.1 Å². The van der Waals surface area contributed by atoms with Gasteiger partial charge >= 0.3 is 12.4 Å². The molecule has 1 rings (SSSR count). The maximum atomic E-state index is 13.4. The highest BCUT2D eigenvalue weighted by atomic mass is 35.5. The molecule has 1 unspecified atom stereocenters. The molecule has 0 aliphatic rings. The molecule has 0 radical (unpaired) electrons. The Balaban J connectivity index is 3.13. The molecule has 10 heteroatoms. The van der Waals surface area contributed by atoms with Crippen LogP contribution in [0.4, 0.5) is 30.7 Å². The first-order chi connectivity index (χ1) is 9.46. The van der Waals surface area contributed by atoms with Gasteiger partial charge in [0.2, 0.25) is 0 Å². The van der Waals surface area contributed by atoms with Crippen LogP contribution >= 0.6 is 11.6 Å². The maximum Gasteiger partial charge on any atom is 0.402 e. The highest BCUT2D eigenvalue weighted by molar-refractivity contribution is 6.30. The van der Waals surface area contributed by atoms with Gasteiger partial charge in [-0.15, -0.1) is 0 Å². The van der Waals surface area contributed by atoms with Crippen molar-refractivity contribution in [3.63, 3.8) is 0 Å². The molecule has 0 heterocycles. The standard InChI is InChI=1S/C11H10ClF7N2/c12-6-1-2-7(13)5(3-6)4-8(21-20)9(10(14,15)16)11(17,18)19/h1-3,8-9,21H,4,20H2. The second-order valence-electron chi connectivity index (χ2n) is 4.27. The number of nitrogens with one attached hydrogen (secondary N) is 1. The summed E-state index contributed by atoms with van der Waals surface area (Å²) in [4.78, 5) is 0. The molecular formula is C11H10ClF7N2. The molecule has 0 saturated carbocycles. The average Bonchev–Trinajstić information content (AvgIpc) is 2.29. The Labute approximate surface area is 120 Å². The molecule has 0 amide bonds. The van der Waals surface area contributed by atoms with Crippen LogP contribution in [0.3, 0.4) is 0 Å². The summed E-state index contributed by atoms with van der Waals surface area (Å²) < 4.78 is 89.0. The van der Waals surface area contributed by atoms with Crippen LogP contribution in [0.15, 0.2) is 18.2 Å². The number of hydrazine groups is 1. The normalized spacial score (nSPS) is 14.6. The quantitative estimate of drug-likeness (QED) is 0.500. The lowest BCUT2D eigenvalue weighted by atomic mass is 9.92. The Morgan fingerprint density at radius 3 is 2.05 bits per heavy atom. The number of nitrogens with two attached hydrogens (primary N) is 1. The van der Waals surface area contributed by atoms with Crippen molar-refractivity contribution < 1.29 is 30.7 Å². The van der Waals surface area contributed by atoms with Gasteiger partial charge in [0.1, 0.15) is 5.82 Å². The van der Waals surface area contributed by atoms with Gasteiger partial charge in [-0.25, -0.2) is 4.39 Å². The largest absolute Gasteiger partial charge is 0.402 e. The highest BCUT2D eigenvalue weighted by Crippen LogP contribution is 2.42. The van der Waals surface area contributed by atoms with Gasteiger partial charge in [-0.2, -0.15) is 26.3 Å². The molecule has 0 bridgehead atoms. The van der Waals surface area contributed by atoms with Crippen molar-refractivity contribution in [2.24, 2.45) is 11.8 Å². The summed E-state index contributed by atoms with van der Waals surface area (Å²) in [6.07, 6.45) is -12.1. The van der Waals surface area contributed by atoms with Gasteiger partial charge in [0.05, 0.1) is 0 Å².